The molecule has 4 aliphatic rings. The van der Waals surface area contributed by atoms with Crippen LogP contribution >= 0.6 is 0 Å². The fourth-order valence-electron chi connectivity index (χ4n) is 6.37. The summed E-state index contributed by atoms with van der Waals surface area (Å²) < 4.78 is 19.9. The Morgan fingerprint density at radius 1 is 0.976 bits per heavy atom. The largest absolute Gasteiger partial charge is 0.490 e. The third kappa shape index (κ3) is 5.49. The molecule has 1 aliphatic heterocycles. The maximum atomic E-state index is 14.1. The highest BCUT2D eigenvalue weighted by Crippen LogP contribution is 2.45. The average Bonchev–Trinajstić information content (AvgIpc) is 3.89. The van der Waals surface area contributed by atoms with Gasteiger partial charge in [-0.3, -0.25) is 10.1 Å². The monoisotopic (exact) mass is 571 g/mol. The topological polar surface area (TPSA) is 82.0 Å². The molecule has 0 radical (unpaired) electrons. The van der Waals surface area contributed by atoms with Crippen molar-refractivity contribution in [2.45, 2.75) is 89.0 Å². The minimum atomic E-state index is -0.426. The van der Waals surface area contributed by atoms with E-state index in [4.69, 9.17) is 14.2 Å². The van der Waals surface area contributed by atoms with Crippen LogP contribution in [0.25, 0.3) is 22.2 Å². The van der Waals surface area contributed by atoms with Gasteiger partial charge >= 0.3 is 6.09 Å². The van der Waals surface area contributed by atoms with Crippen molar-refractivity contribution >= 4 is 28.6 Å². The predicted octanol–water partition coefficient (Wildman–Crippen LogP) is 7.17. The van der Waals surface area contributed by atoms with Gasteiger partial charge in [0.2, 0.25) is 0 Å². The Morgan fingerprint density at radius 3 is 2.36 bits per heavy atom. The molecule has 42 heavy (non-hydrogen) atoms. The van der Waals surface area contributed by atoms with Gasteiger partial charge in [0.05, 0.1) is 30.0 Å². The van der Waals surface area contributed by atoms with E-state index in [0.717, 1.165) is 98.1 Å². The SMILES string of the molecule is CC(OC(=O)Nc1ccc(-c2c(C(=O)N(C)C3CC3)c3ccc(OC4CCOCC4)cc3n2C2CCC2)cc1)C1CC1. The van der Waals surface area contributed by atoms with E-state index in [1.807, 2.05) is 49.2 Å². The van der Waals surface area contributed by atoms with Gasteiger partial charge in [0.25, 0.3) is 5.91 Å². The van der Waals surface area contributed by atoms with Gasteiger partial charge in [0.1, 0.15) is 18.0 Å². The second-order valence-corrected chi connectivity index (χ2v) is 12.6. The van der Waals surface area contributed by atoms with E-state index in [-0.39, 0.29) is 18.1 Å². The van der Waals surface area contributed by atoms with E-state index in [1.54, 1.807) is 0 Å². The number of nitrogens with zero attached hydrogens (tertiary/aromatic N) is 2. The van der Waals surface area contributed by atoms with Crippen LogP contribution in [0.4, 0.5) is 10.5 Å². The first-order chi connectivity index (χ1) is 20.5. The molecule has 1 aromatic heterocycles. The van der Waals surface area contributed by atoms with Crippen molar-refractivity contribution in [1.29, 1.82) is 0 Å². The number of rotatable bonds is 9. The molecule has 8 heteroatoms. The quantitative estimate of drug-likeness (QED) is 0.294. The summed E-state index contributed by atoms with van der Waals surface area (Å²) in [5.41, 5.74) is 4.39. The van der Waals surface area contributed by atoms with Crippen LogP contribution in [-0.2, 0) is 9.47 Å². The van der Waals surface area contributed by atoms with Crippen molar-refractivity contribution in [3.63, 3.8) is 0 Å². The molecule has 0 bridgehead atoms. The summed E-state index contributed by atoms with van der Waals surface area (Å²) in [6.07, 6.45) is 9.11. The standard InChI is InChI=1S/C34H41N3O5/c1-21(22-6-7-22)41-34(39)35-24-10-8-23(9-11-24)32-31(33(38)36(2)25-12-13-25)29-15-14-28(42-27-16-18-40-19-17-27)20-30(29)37(32)26-4-3-5-26/h8-11,14-15,20-22,25-27H,3-7,12-13,16-19H2,1-2H3,(H,35,39). The number of ether oxygens (including phenoxy) is 3. The fraction of sp³-hybridized carbons (Fsp3) is 0.529. The second-order valence-electron chi connectivity index (χ2n) is 12.6. The Hall–Kier alpha value is -3.52. The van der Waals surface area contributed by atoms with Gasteiger partial charge in [0.15, 0.2) is 0 Å². The number of hydrogen-bond donors (Lipinski definition) is 1. The van der Waals surface area contributed by atoms with Crippen molar-refractivity contribution in [3.05, 3.63) is 48.0 Å². The van der Waals surface area contributed by atoms with Crippen LogP contribution in [0.2, 0.25) is 0 Å². The predicted molar refractivity (Wildman–Crippen MR) is 162 cm³/mol. The number of carbonyl (C=O) groups excluding carboxylic acids is 2. The first kappa shape index (κ1) is 27.3. The van der Waals surface area contributed by atoms with Crippen LogP contribution in [0.5, 0.6) is 5.75 Å². The summed E-state index contributed by atoms with van der Waals surface area (Å²) >= 11 is 0. The normalized spacial score (nSPS) is 20.1. The number of fused-ring (bicyclic) bond motifs is 1. The lowest BCUT2D eigenvalue weighted by Crippen LogP contribution is -2.29. The first-order valence-electron chi connectivity index (χ1n) is 15.7. The van der Waals surface area contributed by atoms with Crippen LogP contribution in [0.1, 0.15) is 81.1 Å². The molecule has 2 heterocycles. The molecule has 2 aromatic carbocycles. The molecule has 1 N–H and O–H groups in total. The maximum absolute atomic E-state index is 14.1. The molecule has 1 atom stereocenters. The summed E-state index contributed by atoms with van der Waals surface area (Å²) in [6, 6.07) is 14.7. The van der Waals surface area contributed by atoms with E-state index in [2.05, 4.69) is 22.0 Å². The van der Waals surface area contributed by atoms with Crippen molar-refractivity contribution in [2.24, 2.45) is 5.92 Å². The number of nitrogens with one attached hydrogen (secondary N) is 1. The van der Waals surface area contributed by atoms with Gasteiger partial charge in [-0.1, -0.05) is 12.1 Å². The highest BCUT2D eigenvalue weighted by atomic mass is 16.6. The highest BCUT2D eigenvalue weighted by molar-refractivity contribution is 6.13. The maximum Gasteiger partial charge on any atom is 0.411 e. The van der Waals surface area contributed by atoms with Gasteiger partial charge < -0.3 is 23.7 Å². The molecule has 1 saturated heterocycles. The number of carbonyl (C=O) groups is 2. The van der Waals surface area contributed by atoms with Crippen molar-refractivity contribution in [3.8, 4) is 17.0 Å². The molecule has 3 aliphatic carbocycles. The van der Waals surface area contributed by atoms with Gasteiger partial charge in [-0.15, -0.1) is 0 Å². The third-order valence-electron chi connectivity index (χ3n) is 9.50. The Kier molecular flexibility index (Phi) is 7.34. The fourth-order valence-corrected chi connectivity index (χ4v) is 6.37. The summed E-state index contributed by atoms with van der Waals surface area (Å²) in [6.45, 7) is 3.41. The number of hydrogen-bond acceptors (Lipinski definition) is 5. The zero-order chi connectivity index (χ0) is 28.8. The summed E-state index contributed by atoms with van der Waals surface area (Å²) in [4.78, 5) is 28.5. The molecule has 4 fully saturated rings. The lowest BCUT2D eigenvalue weighted by molar-refractivity contribution is 0.0256. The zero-order valence-corrected chi connectivity index (χ0v) is 24.6. The minimum absolute atomic E-state index is 0.0634. The minimum Gasteiger partial charge on any atom is -0.490 e. The second kappa shape index (κ2) is 11.3. The van der Waals surface area contributed by atoms with Crippen LogP contribution in [0.15, 0.2) is 42.5 Å². The van der Waals surface area contributed by atoms with Gasteiger partial charge in [0, 0.05) is 49.1 Å². The van der Waals surface area contributed by atoms with Crippen molar-refractivity contribution in [1.82, 2.24) is 9.47 Å². The molecule has 7 rings (SSSR count). The van der Waals surface area contributed by atoms with E-state index in [9.17, 15) is 9.59 Å². The van der Waals surface area contributed by atoms with E-state index in [1.165, 1.54) is 6.42 Å². The molecular formula is C34H41N3O5. The van der Waals surface area contributed by atoms with Crippen LogP contribution in [0, 0.1) is 5.92 Å². The average molecular weight is 572 g/mol. The molecule has 222 valence electrons. The molecule has 3 saturated carbocycles. The van der Waals surface area contributed by atoms with Crippen LogP contribution < -0.4 is 10.1 Å². The number of amides is 2. The van der Waals surface area contributed by atoms with E-state index in [0.29, 0.717) is 23.7 Å². The Morgan fingerprint density at radius 2 is 1.71 bits per heavy atom. The van der Waals surface area contributed by atoms with E-state index >= 15 is 0 Å². The Labute approximate surface area is 247 Å². The molecule has 8 nitrogen and oxygen atoms in total. The lowest BCUT2D eigenvalue weighted by atomic mass is 9.92. The number of anilines is 1. The van der Waals surface area contributed by atoms with E-state index < -0.39 is 6.09 Å². The molecule has 0 spiro atoms. The van der Waals surface area contributed by atoms with Crippen molar-refractivity contribution < 1.29 is 23.8 Å². The number of aromatic nitrogens is 1. The molecular weight excluding hydrogens is 530 g/mol. The summed E-state index contributed by atoms with van der Waals surface area (Å²) in [5.74, 6) is 1.39. The van der Waals surface area contributed by atoms with Crippen molar-refractivity contribution in [2.75, 3.05) is 25.6 Å². The zero-order valence-electron chi connectivity index (χ0n) is 24.6. The highest BCUT2D eigenvalue weighted by Gasteiger charge is 2.36. The molecule has 2 amide bonds. The Balaban J connectivity index is 1.26. The molecule has 1 unspecified atom stereocenters. The first-order valence-corrected chi connectivity index (χ1v) is 15.7. The van der Waals surface area contributed by atoms with Gasteiger partial charge in [-0.05, 0) is 87.6 Å². The lowest BCUT2D eigenvalue weighted by Gasteiger charge is -2.31. The number of benzene rings is 2. The van der Waals surface area contributed by atoms with Crippen LogP contribution in [0.3, 0.4) is 0 Å². The third-order valence-corrected chi connectivity index (χ3v) is 9.50. The van der Waals surface area contributed by atoms with Gasteiger partial charge in [-0.25, -0.2) is 4.79 Å². The molecule has 3 aromatic rings. The van der Waals surface area contributed by atoms with Crippen LogP contribution in [-0.4, -0.2) is 60.0 Å². The smallest absolute Gasteiger partial charge is 0.411 e. The Bertz CT molecular complexity index is 1460. The van der Waals surface area contributed by atoms with Gasteiger partial charge in [-0.2, -0.15) is 0 Å². The summed E-state index contributed by atoms with van der Waals surface area (Å²) in [7, 11) is 1.93. The summed E-state index contributed by atoms with van der Waals surface area (Å²) in [5, 5.41) is 3.84.